The number of nitrogens with zero attached hydrogens (tertiary/aromatic N) is 1. The standard InChI is InChI=1S/C16H21N3O3/c1-22-10-16(21)18-14-8-19(9-15(14)20)7-11-3-2-4-13-12(11)5-6-17-13/h2-6,14-15,17,20H,7-10H2,1H3,(H,18,21)/t14-,15-/m1/s1. The number of aromatic amines is 1. The average Bonchev–Trinajstić information content (AvgIpc) is 3.07. The third-order valence-corrected chi connectivity index (χ3v) is 4.07. The van der Waals surface area contributed by atoms with Gasteiger partial charge in [0, 0.05) is 43.8 Å². The van der Waals surface area contributed by atoms with Crippen LogP contribution in [0.2, 0.25) is 0 Å². The fourth-order valence-corrected chi connectivity index (χ4v) is 3.05. The second-order valence-corrected chi connectivity index (χ2v) is 5.72. The zero-order valence-electron chi connectivity index (χ0n) is 12.6. The minimum atomic E-state index is -0.550. The molecule has 1 aromatic heterocycles. The number of nitrogens with one attached hydrogen (secondary N) is 2. The Kier molecular flexibility index (Phi) is 4.42. The molecule has 118 valence electrons. The molecule has 1 saturated heterocycles. The number of aromatic nitrogens is 1. The highest BCUT2D eigenvalue weighted by molar-refractivity contribution is 5.82. The summed E-state index contributed by atoms with van der Waals surface area (Å²) >= 11 is 0. The SMILES string of the molecule is COCC(=O)N[C@@H]1CN(Cc2cccc3[nH]ccc23)C[C@H]1O. The lowest BCUT2D eigenvalue weighted by molar-refractivity contribution is -0.125. The third kappa shape index (κ3) is 3.14. The molecule has 1 aromatic carbocycles. The number of carbonyl (C=O) groups excluding carboxylic acids is 1. The molecule has 3 N–H and O–H groups in total. The number of amides is 1. The molecule has 2 atom stereocenters. The highest BCUT2D eigenvalue weighted by Gasteiger charge is 2.32. The van der Waals surface area contributed by atoms with Crippen molar-refractivity contribution in [1.82, 2.24) is 15.2 Å². The van der Waals surface area contributed by atoms with Gasteiger partial charge >= 0.3 is 0 Å². The van der Waals surface area contributed by atoms with Crippen LogP contribution in [0.1, 0.15) is 5.56 Å². The first kappa shape index (κ1) is 15.0. The number of benzene rings is 1. The van der Waals surface area contributed by atoms with Gasteiger partial charge in [0.15, 0.2) is 0 Å². The molecule has 0 unspecified atom stereocenters. The molecule has 1 aliphatic rings. The summed E-state index contributed by atoms with van der Waals surface area (Å²) in [6.45, 7) is 1.96. The summed E-state index contributed by atoms with van der Waals surface area (Å²) in [5.74, 6) is -0.193. The van der Waals surface area contributed by atoms with Gasteiger partial charge in [-0.05, 0) is 17.7 Å². The lowest BCUT2D eigenvalue weighted by atomic mass is 10.1. The predicted octanol–water partition coefficient (Wildman–Crippen LogP) is 0.476. The third-order valence-electron chi connectivity index (χ3n) is 4.07. The molecule has 1 amide bonds. The summed E-state index contributed by atoms with van der Waals surface area (Å²) in [6.07, 6.45) is 1.38. The maximum absolute atomic E-state index is 11.6. The molecule has 2 heterocycles. The van der Waals surface area contributed by atoms with Crippen molar-refractivity contribution in [3.63, 3.8) is 0 Å². The Labute approximate surface area is 129 Å². The fourth-order valence-electron chi connectivity index (χ4n) is 3.05. The first-order valence-corrected chi connectivity index (χ1v) is 7.41. The number of hydrogen-bond acceptors (Lipinski definition) is 4. The van der Waals surface area contributed by atoms with Crippen molar-refractivity contribution in [2.45, 2.75) is 18.7 Å². The molecule has 6 nitrogen and oxygen atoms in total. The Bertz CT molecular complexity index is 655. The number of methoxy groups -OCH3 is 1. The van der Waals surface area contributed by atoms with Crippen LogP contribution in [0.25, 0.3) is 10.9 Å². The molecule has 0 radical (unpaired) electrons. The van der Waals surface area contributed by atoms with E-state index in [1.165, 1.54) is 18.1 Å². The number of aliphatic hydroxyl groups is 1. The van der Waals surface area contributed by atoms with Crippen molar-refractivity contribution in [2.75, 3.05) is 26.8 Å². The number of hydrogen-bond donors (Lipinski definition) is 3. The minimum absolute atomic E-state index is 0.0197. The van der Waals surface area contributed by atoms with Gasteiger partial charge in [-0.3, -0.25) is 9.69 Å². The largest absolute Gasteiger partial charge is 0.390 e. The number of ether oxygens (including phenoxy) is 1. The van der Waals surface area contributed by atoms with Crippen molar-refractivity contribution in [3.8, 4) is 0 Å². The lowest BCUT2D eigenvalue weighted by Crippen LogP contribution is -2.44. The van der Waals surface area contributed by atoms with Crippen LogP contribution in [0.3, 0.4) is 0 Å². The summed E-state index contributed by atoms with van der Waals surface area (Å²) < 4.78 is 4.80. The van der Waals surface area contributed by atoms with E-state index in [-0.39, 0.29) is 18.6 Å². The number of β-amino-alcohol motifs (C(OH)–C–C–N with tert-alkyl or cyclic N) is 1. The van der Waals surface area contributed by atoms with Crippen LogP contribution in [0, 0.1) is 0 Å². The first-order chi connectivity index (χ1) is 10.7. The summed E-state index contributed by atoms with van der Waals surface area (Å²) in [7, 11) is 1.48. The number of rotatable bonds is 5. The highest BCUT2D eigenvalue weighted by atomic mass is 16.5. The zero-order valence-corrected chi connectivity index (χ0v) is 12.6. The zero-order chi connectivity index (χ0) is 15.5. The van der Waals surface area contributed by atoms with E-state index in [9.17, 15) is 9.90 Å². The van der Waals surface area contributed by atoms with Crippen LogP contribution in [0.4, 0.5) is 0 Å². The van der Waals surface area contributed by atoms with E-state index in [0.717, 1.165) is 12.1 Å². The first-order valence-electron chi connectivity index (χ1n) is 7.41. The van der Waals surface area contributed by atoms with Crippen LogP contribution in [0.15, 0.2) is 30.5 Å². The summed E-state index contributed by atoms with van der Waals surface area (Å²) in [6, 6.07) is 7.99. The molecule has 3 rings (SSSR count). The van der Waals surface area contributed by atoms with Gasteiger partial charge in [0.2, 0.25) is 5.91 Å². The Morgan fingerprint density at radius 2 is 2.32 bits per heavy atom. The summed E-state index contributed by atoms with van der Waals surface area (Å²) in [4.78, 5) is 16.9. The normalized spacial score (nSPS) is 22.3. The van der Waals surface area contributed by atoms with Crippen LogP contribution in [-0.2, 0) is 16.1 Å². The van der Waals surface area contributed by atoms with Gasteiger partial charge in [0.25, 0.3) is 0 Å². The summed E-state index contributed by atoms with van der Waals surface area (Å²) in [5, 5.41) is 14.1. The smallest absolute Gasteiger partial charge is 0.246 e. The quantitative estimate of drug-likeness (QED) is 0.750. The second kappa shape index (κ2) is 6.48. The van der Waals surface area contributed by atoms with E-state index in [4.69, 9.17) is 4.74 Å². The fraction of sp³-hybridized carbons (Fsp3) is 0.438. The van der Waals surface area contributed by atoms with Crippen molar-refractivity contribution in [1.29, 1.82) is 0 Å². The molecule has 1 aliphatic heterocycles. The number of fused-ring (bicyclic) bond motifs is 1. The Morgan fingerprint density at radius 3 is 3.14 bits per heavy atom. The van der Waals surface area contributed by atoms with E-state index in [1.54, 1.807) is 0 Å². The van der Waals surface area contributed by atoms with Gasteiger partial charge in [-0.2, -0.15) is 0 Å². The Hall–Kier alpha value is -1.89. The predicted molar refractivity (Wildman–Crippen MR) is 83.4 cm³/mol. The molecular formula is C16H21N3O3. The maximum atomic E-state index is 11.6. The Balaban J connectivity index is 1.65. The minimum Gasteiger partial charge on any atom is -0.390 e. The Morgan fingerprint density at radius 1 is 1.45 bits per heavy atom. The van der Waals surface area contributed by atoms with Gasteiger partial charge < -0.3 is 20.1 Å². The van der Waals surface area contributed by atoms with E-state index in [2.05, 4.69) is 27.3 Å². The van der Waals surface area contributed by atoms with Crippen molar-refractivity contribution in [2.24, 2.45) is 0 Å². The molecule has 0 aliphatic carbocycles. The molecule has 0 spiro atoms. The van der Waals surface area contributed by atoms with Crippen molar-refractivity contribution < 1.29 is 14.6 Å². The van der Waals surface area contributed by atoms with Gasteiger partial charge in [-0.25, -0.2) is 0 Å². The van der Waals surface area contributed by atoms with E-state index >= 15 is 0 Å². The van der Waals surface area contributed by atoms with Gasteiger partial charge in [-0.15, -0.1) is 0 Å². The van der Waals surface area contributed by atoms with Crippen LogP contribution >= 0.6 is 0 Å². The van der Waals surface area contributed by atoms with E-state index in [0.29, 0.717) is 13.1 Å². The lowest BCUT2D eigenvalue weighted by Gasteiger charge is -2.17. The molecule has 22 heavy (non-hydrogen) atoms. The second-order valence-electron chi connectivity index (χ2n) is 5.72. The molecule has 2 aromatic rings. The molecule has 0 saturated carbocycles. The van der Waals surface area contributed by atoms with E-state index in [1.807, 2.05) is 18.3 Å². The molecule has 1 fully saturated rings. The highest BCUT2D eigenvalue weighted by Crippen LogP contribution is 2.21. The van der Waals surface area contributed by atoms with Crippen LogP contribution in [-0.4, -0.2) is 59.8 Å². The number of likely N-dealkylation sites (tertiary alicyclic amines) is 1. The van der Waals surface area contributed by atoms with Gasteiger partial charge in [0.05, 0.1) is 12.1 Å². The topological polar surface area (TPSA) is 77.6 Å². The number of H-pyrrole nitrogens is 1. The van der Waals surface area contributed by atoms with Crippen molar-refractivity contribution in [3.05, 3.63) is 36.0 Å². The monoisotopic (exact) mass is 303 g/mol. The molecule has 6 heteroatoms. The van der Waals surface area contributed by atoms with Gasteiger partial charge in [0.1, 0.15) is 6.61 Å². The van der Waals surface area contributed by atoms with Crippen molar-refractivity contribution >= 4 is 16.8 Å². The van der Waals surface area contributed by atoms with Crippen LogP contribution < -0.4 is 5.32 Å². The number of carbonyl (C=O) groups is 1. The maximum Gasteiger partial charge on any atom is 0.246 e. The molecular weight excluding hydrogens is 282 g/mol. The van der Waals surface area contributed by atoms with Gasteiger partial charge in [-0.1, -0.05) is 12.1 Å². The van der Waals surface area contributed by atoms with E-state index < -0.39 is 6.10 Å². The summed E-state index contributed by atoms with van der Waals surface area (Å²) in [5.41, 5.74) is 2.33. The number of aliphatic hydroxyl groups excluding tert-OH is 1. The van der Waals surface area contributed by atoms with Crippen LogP contribution in [0.5, 0.6) is 0 Å². The molecule has 0 bridgehead atoms. The average molecular weight is 303 g/mol.